The van der Waals surface area contributed by atoms with Crippen molar-refractivity contribution >= 4 is 12.1 Å². The van der Waals surface area contributed by atoms with Crippen LogP contribution in [0.25, 0.3) is 11.1 Å². The van der Waals surface area contributed by atoms with Gasteiger partial charge in [0.1, 0.15) is 6.61 Å². The Kier molecular flexibility index (Phi) is 4.94. The van der Waals surface area contributed by atoms with Crippen LogP contribution in [0.5, 0.6) is 0 Å². The summed E-state index contributed by atoms with van der Waals surface area (Å²) in [4.78, 5) is 28.2. The molecule has 2 aliphatic carbocycles. The van der Waals surface area contributed by atoms with Crippen LogP contribution >= 0.6 is 0 Å². The number of benzene rings is 2. The van der Waals surface area contributed by atoms with Crippen LogP contribution in [-0.2, 0) is 9.53 Å². The maximum atomic E-state index is 12.7. The number of aliphatic carboxylic acids is 1. The van der Waals surface area contributed by atoms with Gasteiger partial charge in [0.2, 0.25) is 0 Å². The van der Waals surface area contributed by atoms with Crippen LogP contribution in [0.3, 0.4) is 0 Å². The Bertz CT molecular complexity index is 1090. The van der Waals surface area contributed by atoms with Gasteiger partial charge in [-0.3, -0.25) is 4.79 Å². The second kappa shape index (κ2) is 7.91. The summed E-state index contributed by atoms with van der Waals surface area (Å²) in [6, 6.07) is 15.9. The molecule has 7 heteroatoms. The average Bonchev–Trinajstić information content (AvgIpc) is 3.40. The van der Waals surface area contributed by atoms with E-state index in [1.54, 1.807) is 12.5 Å². The number of nitrogens with zero attached hydrogens (tertiary/aromatic N) is 2. The topological polar surface area (TPSA) is 93.5 Å². The first kappa shape index (κ1) is 19.4. The molecule has 1 unspecified atom stereocenters. The summed E-state index contributed by atoms with van der Waals surface area (Å²) in [6.45, 7) is 0.182. The Morgan fingerprint density at radius 2 is 1.74 bits per heavy atom. The summed E-state index contributed by atoms with van der Waals surface area (Å²) in [5, 5.41) is 12.1. The molecular weight excluding hydrogens is 394 g/mol. The Morgan fingerprint density at radius 1 is 1.10 bits per heavy atom. The van der Waals surface area contributed by atoms with Crippen LogP contribution in [0.2, 0.25) is 0 Å². The molecule has 31 heavy (non-hydrogen) atoms. The Balaban J connectivity index is 1.31. The molecule has 1 fully saturated rings. The standard InChI is InChI=1S/C24H23N3O4/c28-23(29)11-21(22-12-25-14-27(22)15-9-10-15)26-24(30)31-13-20-18-7-3-1-5-16(18)17-6-2-4-8-19(17)20/h1-8,12,14-15,20-21H,9-11,13H2,(H,26,30)(H,28,29). The highest BCUT2D eigenvalue weighted by Crippen LogP contribution is 2.44. The zero-order valence-corrected chi connectivity index (χ0v) is 16.9. The summed E-state index contributed by atoms with van der Waals surface area (Å²) in [5.74, 6) is -1.04. The number of nitrogens with one attached hydrogen (secondary N) is 1. The number of carbonyl (C=O) groups is 2. The van der Waals surface area contributed by atoms with E-state index in [2.05, 4.69) is 34.6 Å². The maximum absolute atomic E-state index is 12.7. The van der Waals surface area contributed by atoms with Crippen molar-refractivity contribution < 1.29 is 19.4 Å². The fraction of sp³-hybridized carbons (Fsp3) is 0.292. The number of fused-ring (bicyclic) bond motifs is 3. The fourth-order valence-corrected chi connectivity index (χ4v) is 4.43. The number of imidazole rings is 1. The Labute approximate surface area is 179 Å². The number of amides is 1. The summed E-state index contributed by atoms with van der Waals surface area (Å²) in [5.41, 5.74) is 5.27. The average molecular weight is 417 g/mol. The van der Waals surface area contributed by atoms with Crippen LogP contribution in [0.1, 0.15) is 54.1 Å². The number of carboxylic acid groups (broad SMARTS) is 1. The Hall–Kier alpha value is -3.61. The van der Waals surface area contributed by atoms with E-state index in [-0.39, 0.29) is 18.9 Å². The van der Waals surface area contributed by atoms with Gasteiger partial charge in [0.05, 0.1) is 30.7 Å². The minimum atomic E-state index is -0.993. The van der Waals surface area contributed by atoms with Gasteiger partial charge in [-0.1, -0.05) is 48.5 Å². The highest BCUT2D eigenvalue weighted by atomic mass is 16.5. The van der Waals surface area contributed by atoms with Gasteiger partial charge >= 0.3 is 12.1 Å². The monoisotopic (exact) mass is 417 g/mol. The van der Waals surface area contributed by atoms with Crippen molar-refractivity contribution in [2.24, 2.45) is 0 Å². The van der Waals surface area contributed by atoms with Crippen LogP contribution in [0.15, 0.2) is 61.1 Å². The first-order valence-electron chi connectivity index (χ1n) is 10.5. The minimum absolute atomic E-state index is 0.0481. The highest BCUT2D eigenvalue weighted by molar-refractivity contribution is 5.79. The van der Waals surface area contributed by atoms with E-state index in [9.17, 15) is 14.7 Å². The maximum Gasteiger partial charge on any atom is 0.407 e. The molecule has 2 aliphatic rings. The molecule has 2 N–H and O–H groups in total. The van der Waals surface area contributed by atoms with Crippen LogP contribution in [0, 0.1) is 0 Å². The van der Waals surface area contributed by atoms with Crippen molar-refractivity contribution in [2.75, 3.05) is 6.61 Å². The molecule has 1 amide bonds. The van der Waals surface area contributed by atoms with Crippen LogP contribution in [-0.4, -0.2) is 33.3 Å². The zero-order chi connectivity index (χ0) is 21.4. The third-order valence-electron chi connectivity index (χ3n) is 6.01. The van der Waals surface area contributed by atoms with E-state index >= 15 is 0 Å². The molecule has 0 bridgehead atoms. The van der Waals surface area contributed by atoms with Crippen LogP contribution < -0.4 is 5.32 Å². The van der Waals surface area contributed by atoms with Gasteiger partial charge in [-0.2, -0.15) is 0 Å². The number of alkyl carbamates (subject to hydrolysis) is 1. The van der Waals surface area contributed by atoms with E-state index in [4.69, 9.17) is 4.74 Å². The van der Waals surface area contributed by atoms with Crippen molar-refractivity contribution in [3.63, 3.8) is 0 Å². The number of aromatic nitrogens is 2. The molecular formula is C24H23N3O4. The third-order valence-corrected chi connectivity index (χ3v) is 6.01. The molecule has 7 nitrogen and oxygen atoms in total. The molecule has 1 atom stereocenters. The summed E-state index contributed by atoms with van der Waals surface area (Å²) >= 11 is 0. The molecule has 1 aromatic heterocycles. The van der Waals surface area contributed by atoms with Crippen molar-refractivity contribution in [3.05, 3.63) is 77.9 Å². The van der Waals surface area contributed by atoms with E-state index < -0.39 is 18.1 Å². The summed E-state index contributed by atoms with van der Waals surface area (Å²) < 4.78 is 7.55. The first-order valence-corrected chi connectivity index (χ1v) is 10.5. The molecule has 0 aliphatic heterocycles. The number of rotatable bonds is 7. The zero-order valence-electron chi connectivity index (χ0n) is 16.9. The number of carbonyl (C=O) groups excluding carboxylic acids is 1. The second-order valence-corrected chi connectivity index (χ2v) is 8.08. The quantitative estimate of drug-likeness (QED) is 0.599. The summed E-state index contributed by atoms with van der Waals surface area (Å²) in [7, 11) is 0. The van der Waals surface area contributed by atoms with Crippen molar-refractivity contribution in [3.8, 4) is 11.1 Å². The van der Waals surface area contributed by atoms with Crippen molar-refractivity contribution in [2.45, 2.75) is 37.3 Å². The lowest BCUT2D eigenvalue weighted by Crippen LogP contribution is -2.32. The fourth-order valence-electron chi connectivity index (χ4n) is 4.43. The van der Waals surface area contributed by atoms with Crippen LogP contribution in [0.4, 0.5) is 4.79 Å². The smallest absolute Gasteiger partial charge is 0.407 e. The highest BCUT2D eigenvalue weighted by Gasteiger charge is 2.31. The van der Waals surface area contributed by atoms with E-state index in [1.165, 1.54) is 0 Å². The largest absolute Gasteiger partial charge is 0.481 e. The molecule has 0 radical (unpaired) electrons. The number of ether oxygens (including phenoxy) is 1. The van der Waals surface area contributed by atoms with Crippen molar-refractivity contribution in [1.82, 2.24) is 14.9 Å². The lowest BCUT2D eigenvalue weighted by Gasteiger charge is -2.20. The van der Waals surface area contributed by atoms with E-state index in [1.807, 2.05) is 28.8 Å². The van der Waals surface area contributed by atoms with Gasteiger partial charge in [0, 0.05) is 12.0 Å². The van der Waals surface area contributed by atoms with Crippen molar-refractivity contribution in [1.29, 1.82) is 0 Å². The molecule has 2 aromatic carbocycles. The first-order chi connectivity index (χ1) is 15.1. The lowest BCUT2D eigenvalue weighted by atomic mass is 9.98. The number of hydrogen-bond donors (Lipinski definition) is 2. The van der Waals surface area contributed by atoms with Gasteiger partial charge < -0.3 is 19.7 Å². The second-order valence-electron chi connectivity index (χ2n) is 8.08. The number of hydrogen-bond acceptors (Lipinski definition) is 4. The molecule has 5 rings (SSSR count). The van der Waals surface area contributed by atoms with Gasteiger partial charge in [-0.05, 0) is 35.1 Å². The van der Waals surface area contributed by atoms with E-state index in [0.29, 0.717) is 11.7 Å². The lowest BCUT2D eigenvalue weighted by molar-refractivity contribution is -0.137. The molecule has 1 saturated carbocycles. The Morgan fingerprint density at radius 3 is 2.35 bits per heavy atom. The van der Waals surface area contributed by atoms with Gasteiger partial charge in [-0.15, -0.1) is 0 Å². The summed E-state index contributed by atoms with van der Waals surface area (Å²) in [6.07, 6.45) is 4.53. The van der Waals surface area contributed by atoms with Gasteiger partial charge in [-0.25, -0.2) is 9.78 Å². The van der Waals surface area contributed by atoms with E-state index in [0.717, 1.165) is 35.1 Å². The molecule has 1 heterocycles. The number of carboxylic acids is 1. The molecule has 0 spiro atoms. The molecule has 3 aromatic rings. The SMILES string of the molecule is O=C(O)CC(NC(=O)OCC1c2ccccc2-c2ccccc21)c1cncn1C1CC1. The van der Waals surface area contributed by atoms with Gasteiger partial charge in [0.15, 0.2) is 0 Å². The van der Waals surface area contributed by atoms with Gasteiger partial charge in [0.25, 0.3) is 0 Å². The molecule has 0 saturated heterocycles. The normalized spacial score (nSPS) is 15.7. The predicted molar refractivity (Wildman–Crippen MR) is 114 cm³/mol. The predicted octanol–water partition coefficient (Wildman–Crippen LogP) is 4.27. The third kappa shape index (κ3) is 3.79. The minimum Gasteiger partial charge on any atom is -0.481 e. The molecule has 158 valence electrons.